The number of carbonyl (C=O) groups excluding carboxylic acids is 2. The second-order valence-electron chi connectivity index (χ2n) is 15.1. The Bertz CT molecular complexity index is 2290. The van der Waals surface area contributed by atoms with Crippen LogP contribution in [0.25, 0.3) is 16.9 Å². The first-order chi connectivity index (χ1) is 27.9. The molecule has 2 N–H and O–H groups in total. The fraction of sp³-hybridized carbons (Fsp3) is 0.386. The van der Waals surface area contributed by atoms with Gasteiger partial charge in [-0.2, -0.15) is 18.3 Å². The molecule has 11 nitrogen and oxygen atoms in total. The summed E-state index contributed by atoms with van der Waals surface area (Å²) in [6.45, 7) is 12.0. The molecule has 15 heteroatoms. The van der Waals surface area contributed by atoms with Crippen LogP contribution in [-0.4, -0.2) is 60.6 Å². The van der Waals surface area contributed by atoms with Crippen LogP contribution in [0.15, 0.2) is 95.4 Å². The molecule has 59 heavy (non-hydrogen) atoms. The summed E-state index contributed by atoms with van der Waals surface area (Å²) in [6, 6.07) is 16.1. The van der Waals surface area contributed by atoms with Crippen LogP contribution >= 0.6 is 0 Å². The summed E-state index contributed by atoms with van der Waals surface area (Å²) in [5, 5.41) is 15.1. The van der Waals surface area contributed by atoms with Crippen molar-refractivity contribution in [2.75, 3.05) is 20.2 Å². The Morgan fingerprint density at radius 3 is 2.37 bits per heavy atom. The van der Waals surface area contributed by atoms with Crippen LogP contribution in [0.5, 0.6) is 11.5 Å². The zero-order valence-electron chi connectivity index (χ0n) is 33.9. The van der Waals surface area contributed by atoms with E-state index in [1.807, 2.05) is 31.6 Å². The maximum Gasteiger partial charge on any atom is 0.435 e. The van der Waals surface area contributed by atoms with Crippen LogP contribution in [-0.2, 0) is 27.4 Å². The molecule has 1 heterocycles. The molecule has 0 unspecified atom stereocenters. The van der Waals surface area contributed by atoms with Gasteiger partial charge < -0.3 is 19.5 Å². The zero-order valence-corrected chi connectivity index (χ0v) is 34.8. The summed E-state index contributed by atoms with van der Waals surface area (Å²) >= 11 is 0. The molecule has 2 amide bonds. The average molecular weight is 837 g/mol. The number of phenolic OH excluding ortho intramolecular Hbond substituents is 1. The monoisotopic (exact) mass is 836 g/mol. The van der Waals surface area contributed by atoms with Crippen molar-refractivity contribution in [2.45, 2.75) is 89.6 Å². The Balaban J connectivity index is 1.20. The van der Waals surface area contributed by atoms with E-state index in [0.717, 1.165) is 71.7 Å². The largest absolute Gasteiger partial charge is 0.507 e. The molecule has 0 saturated heterocycles. The van der Waals surface area contributed by atoms with Gasteiger partial charge in [0.2, 0.25) is 0 Å². The number of aryl methyl sites for hydroxylation is 2. The van der Waals surface area contributed by atoms with Gasteiger partial charge in [-0.3, -0.25) is 0 Å². The smallest absolute Gasteiger partial charge is 0.435 e. The molecule has 5 rings (SSSR count). The summed E-state index contributed by atoms with van der Waals surface area (Å²) in [4.78, 5) is 26.9. The van der Waals surface area contributed by atoms with E-state index in [4.69, 9.17) is 9.47 Å². The van der Waals surface area contributed by atoms with E-state index < -0.39 is 34.1 Å². The number of rotatable bonds is 15. The van der Waals surface area contributed by atoms with Crippen LogP contribution in [0.2, 0.25) is 0 Å². The molecular formula is C44H51F3N4O7S. The number of allylic oxidation sites excluding steroid dienone is 3. The predicted octanol–water partition coefficient (Wildman–Crippen LogP) is 10.3. The summed E-state index contributed by atoms with van der Waals surface area (Å²) in [5.74, 6) is 0.139. The topological polar surface area (TPSA) is 140 Å². The number of aromatic hydroxyl groups is 1. The van der Waals surface area contributed by atoms with E-state index in [0.29, 0.717) is 17.5 Å². The molecule has 1 aromatic heterocycles. The third kappa shape index (κ3) is 11.3. The number of benzene rings is 3. The summed E-state index contributed by atoms with van der Waals surface area (Å²) in [7, 11) is -2.92. The minimum Gasteiger partial charge on any atom is -0.507 e. The normalized spacial score (nSPS) is 15.6. The highest BCUT2D eigenvalue weighted by Gasteiger charge is 2.36. The summed E-state index contributed by atoms with van der Waals surface area (Å²) in [5.41, 5.74) is 4.09. The van der Waals surface area contributed by atoms with E-state index in [2.05, 4.69) is 24.7 Å². The lowest BCUT2D eigenvalue weighted by atomic mass is 9.73. The van der Waals surface area contributed by atoms with E-state index in [1.165, 1.54) is 29.7 Å². The molecule has 0 spiro atoms. The standard InChI is InChI=1S/C44H51F3N4O7S/c1-7-8-9-11-31-25-38(52)41(36-24-30(5)14-21-35(36)28(2)3)39(26-31)58-43(54)50(6)22-10-23-57-42(53)49-59(55,56)34-19-17-33(18-20-34)51-37(27-40(48-51)44(45,46)47)32-15-12-29(4)13-16-32/h12-13,15-20,24-27,35-36,52H,2,7-11,14,21-23H2,1,3-6H3,(H,49,53)/t35-,36+/m0/s1. The maximum atomic E-state index is 13.6. The fourth-order valence-corrected chi connectivity index (χ4v) is 7.95. The van der Waals surface area contributed by atoms with Crippen molar-refractivity contribution < 1.29 is 45.8 Å². The summed E-state index contributed by atoms with van der Waals surface area (Å²) in [6.07, 6.45) is 1.00. The molecule has 0 fully saturated rings. The predicted molar refractivity (Wildman–Crippen MR) is 219 cm³/mol. The Labute approximate surface area is 343 Å². The van der Waals surface area contributed by atoms with Crippen molar-refractivity contribution in [2.24, 2.45) is 5.92 Å². The van der Waals surface area contributed by atoms with Crippen LogP contribution in [0, 0.1) is 12.8 Å². The van der Waals surface area contributed by atoms with Gasteiger partial charge in [0.05, 0.1) is 22.9 Å². The SMILES string of the molecule is C=C(C)[C@@H]1CCC(C)=C[C@H]1c1c(O)cc(CCCCC)cc1OC(=O)N(C)CCCOC(=O)NS(=O)(=O)c1ccc(-n2nc(C(F)(F)F)cc2-c2ccc(C)cc2)cc1. The third-order valence-corrected chi connectivity index (χ3v) is 11.6. The van der Waals surface area contributed by atoms with Crippen molar-refractivity contribution in [3.63, 3.8) is 0 Å². The van der Waals surface area contributed by atoms with Gasteiger partial charge in [0.15, 0.2) is 5.69 Å². The van der Waals surface area contributed by atoms with E-state index in [-0.39, 0.29) is 59.2 Å². The molecular weight excluding hydrogens is 786 g/mol. The van der Waals surface area contributed by atoms with Crippen molar-refractivity contribution in [1.29, 1.82) is 0 Å². The second-order valence-corrected chi connectivity index (χ2v) is 16.8. The number of hydrogen-bond acceptors (Lipinski definition) is 8. The number of halogens is 3. The van der Waals surface area contributed by atoms with Gasteiger partial charge in [0.1, 0.15) is 11.5 Å². The number of unbranched alkanes of at least 4 members (excludes halogenated alkanes) is 2. The summed E-state index contributed by atoms with van der Waals surface area (Å²) < 4.78 is 80.8. The molecule has 3 aromatic carbocycles. The lowest BCUT2D eigenvalue weighted by Crippen LogP contribution is -2.33. The van der Waals surface area contributed by atoms with Crippen LogP contribution in [0.4, 0.5) is 22.8 Å². The number of sulfonamides is 1. The number of nitrogens with zero attached hydrogens (tertiary/aromatic N) is 3. The van der Waals surface area contributed by atoms with E-state index >= 15 is 0 Å². The minimum absolute atomic E-state index is 0.0482. The van der Waals surface area contributed by atoms with Gasteiger partial charge in [-0.1, -0.05) is 73.4 Å². The zero-order chi connectivity index (χ0) is 43.1. The molecule has 2 atom stereocenters. The van der Waals surface area contributed by atoms with Gasteiger partial charge >= 0.3 is 18.4 Å². The van der Waals surface area contributed by atoms with Crippen LogP contribution < -0.4 is 9.46 Å². The van der Waals surface area contributed by atoms with Crippen LogP contribution in [0.3, 0.4) is 0 Å². The van der Waals surface area contributed by atoms with Gasteiger partial charge in [0.25, 0.3) is 10.0 Å². The number of hydrogen-bond donors (Lipinski definition) is 2. The fourth-order valence-electron chi connectivity index (χ4n) is 7.06. The maximum absolute atomic E-state index is 13.6. The molecule has 0 radical (unpaired) electrons. The Morgan fingerprint density at radius 2 is 1.73 bits per heavy atom. The highest BCUT2D eigenvalue weighted by molar-refractivity contribution is 7.90. The molecule has 1 aliphatic rings. The van der Waals surface area contributed by atoms with Crippen molar-refractivity contribution in [3.8, 4) is 28.4 Å². The molecule has 1 aliphatic carbocycles. The van der Waals surface area contributed by atoms with Crippen molar-refractivity contribution in [3.05, 3.63) is 113 Å². The van der Waals surface area contributed by atoms with E-state index in [1.54, 1.807) is 30.3 Å². The quantitative estimate of drug-likeness (QED) is 0.0891. The number of alkyl halides is 3. The van der Waals surface area contributed by atoms with Gasteiger partial charge in [-0.05, 0) is 107 Å². The highest BCUT2D eigenvalue weighted by Crippen LogP contribution is 2.47. The molecule has 4 aromatic rings. The lowest BCUT2D eigenvalue weighted by Gasteiger charge is -2.32. The second kappa shape index (κ2) is 19.0. The van der Waals surface area contributed by atoms with Crippen LogP contribution in [0.1, 0.15) is 87.6 Å². The Hall–Kier alpha value is -5.57. The number of carbonyl (C=O) groups is 2. The average Bonchev–Trinajstić information content (AvgIpc) is 3.63. The van der Waals surface area contributed by atoms with Crippen molar-refractivity contribution >= 4 is 22.2 Å². The molecule has 0 saturated carbocycles. The number of phenols is 1. The number of ether oxygens (including phenoxy) is 2. The Morgan fingerprint density at radius 1 is 1.03 bits per heavy atom. The first kappa shape index (κ1) is 44.5. The first-order valence-corrected chi connectivity index (χ1v) is 21.0. The van der Waals surface area contributed by atoms with Crippen molar-refractivity contribution in [1.82, 2.24) is 19.4 Å². The number of nitrogens with one attached hydrogen (secondary N) is 1. The number of aromatic nitrogens is 2. The van der Waals surface area contributed by atoms with Gasteiger partial charge in [-0.15, -0.1) is 0 Å². The molecule has 316 valence electrons. The number of amides is 2. The third-order valence-electron chi connectivity index (χ3n) is 10.3. The minimum atomic E-state index is -4.72. The molecule has 0 aliphatic heterocycles. The Kier molecular flexibility index (Phi) is 14.3. The first-order valence-electron chi connectivity index (χ1n) is 19.5. The highest BCUT2D eigenvalue weighted by atomic mass is 32.2. The molecule has 0 bridgehead atoms. The van der Waals surface area contributed by atoms with Gasteiger partial charge in [-0.25, -0.2) is 27.4 Å². The van der Waals surface area contributed by atoms with Gasteiger partial charge in [0, 0.05) is 30.6 Å². The van der Waals surface area contributed by atoms with E-state index in [9.17, 15) is 36.3 Å². The lowest BCUT2D eigenvalue weighted by molar-refractivity contribution is -0.141.